The molecular weight excluding hydrogens is 1080 g/mol. The van der Waals surface area contributed by atoms with Crippen molar-refractivity contribution in [2.75, 3.05) is 0 Å². The fraction of sp³-hybridized carbons (Fsp3) is 1.00. The quantitative estimate of drug-likeness (QED) is 0.259. The van der Waals surface area contributed by atoms with Crippen molar-refractivity contribution in [1.82, 2.24) is 0 Å². The minimum absolute atomic E-state index is 0.500. The molecule has 0 aromatic carbocycles. The molecule has 0 N–H and O–H groups in total. The minimum atomic E-state index is 0.500. The molecule has 0 atom stereocenters. The van der Waals surface area contributed by atoms with Gasteiger partial charge in [-0.2, -0.15) is 0 Å². The van der Waals surface area contributed by atoms with Gasteiger partial charge in [0, 0.05) is 0 Å². The van der Waals surface area contributed by atoms with Gasteiger partial charge in [0.05, 0.1) is 0 Å². The van der Waals surface area contributed by atoms with Crippen LogP contribution in [0.4, 0.5) is 0 Å². The van der Waals surface area contributed by atoms with Crippen molar-refractivity contribution < 1.29 is 0 Å². The predicted molar refractivity (Wildman–Crippen MR) is 434 cm³/mol. The summed E-state index contributed by atoms with van der Waals surface area (Å²) < 4.78 is 0. The monoisotopic (exact) mass is 1280 g/mol. The standard InChI is InChI=1S/C12H22.C11H22.C9H18.2C7H14.C6H12.2C6H14.2C5H12.C4H10.2C3H8.3C2H6/c1-11-5-9-12(10-6-11)7-3-2-4-8-12;1-9-6-10(2,3)8-11(4,5)7-9;1-8-4-6-9(2,3)7-5-8;1-7-5-3-2-4-6-7;1-2-7-5-3-4-6-7;1-6-4-2-3-5-6;2*1-5-6(2,3)4;1-5(2,3)4;1-4-5(2)3;1-4(2)3;2*1-3-2;3*1-2/h11H,2-10H2,1H3;9H,6-8H2,1-5H3;8H,4-7H2,1-3H3;2*7H,2-6H2,1H3;6H,2-5H2,1H3;2*5H2,1-4H3;1-4H3;5H,4H2,1-3H3;4H,1-3H3;2*3H2,1-2H3;3*1-2H3. The molecule has 0 aromatic rings. The van der Waals surface area contributed by atoms with E-state index in [1.807, 2.05) is 41.5 Å². The Morgan fingerprint density at radius 3 is 0.733 bits per heavy atom. The molecule has 1 spiro atoms. The van der Waals surface area contributed by atoms with E-state index in [4.69, 9.17) is 0 Å². The van der Waals surface area contributed by atoms with E-state index in [1.54, 1.807) is 25.7 Å². The topological polar surface area (TPSA) is 0 Å². The molecule has 7 aliphatic carbocycles. The maximum Gasteiger partial charge on any atom is -0.0297 e. The van der Waals surface area contributed by atoms with Gasteiger partial charge in [-0.05, 0) is 143 Å². The zero-order valence-electron chi connectivity index (χ0n) is 72.9. The molecule has 0 nitrogen and oxygen atoms in total. The summed E-state index contributed by atoms with van der Waals surface area (Å²) in [6.45, 7) is 88.9. The van der Waals surface area contributed by atoms with Crippen LogP contribution < -0.4 is 0 Å². The highest BCUT2D eigenvalue weighted by atomic mass is 14.4. The Balaban J connectivity index is -0.000000114. The lowest BCUT2D eigenvalue weighted by atomic mass is 9.62. The summed E-state index contributed by atoms with van der Waals surface area (Å²) in [5.74, 6) is 7.85. The molecule has 0 bridgehead atoms. The Morgan fingerprint density at radius 1 is 0.333 bits per heavy atom. The zero-order valence-corrected chi connectivity index (χ0v) is 72.9. The van der Waals surface area contributed by atoms with Gasteiger partial charge in [-0.25, -0.2) is 0 Å². The molecule has 0 amide bonds. The second kappa shape index (κ2) is 67.6. The van der Waals surface area contributed by atoms with Gasteiger partial charge in [-0.15, -0.1) is 0 Å². The van der Waals surface area contributed by atoms with Crippen molar-refractivity contribution in [3.63, 3.8) is 0 Å². The van der Waals surface area contributed by atoms with E-state index in [0.717, 1.165) is 52.8 Å². The molecule has 7 fully saturated rings. The van der Waals surface area contributed by atoms with Crippen LogP contribution in [0.3, 0.4) is 0 Å². The number of hydrogen-bond donors (Lipinski definition) is 0. The van der Waals surface area contributed by atoms with E-state index < -0.39 is 0 Å². The van der Waals surface area contributed by atoms with Gasteiger partial charge in [0.15, 0.2) is 0 Å². The van der Waals surface area contributed by atoms with Crippen molar-refractivity contribution in [2.45, 2.75) is 502 Å². The number of hydrogen-bond acceptors (Lipinski definition) is 0. The maximum absolute atomic E-state index is 2.43. The molecule has 0 aromatic heterocycles. The number of rotatable bonds is 2. The lowest BCUT2D eigenvalue weighted by Gasteiger charge is -2.44. The van der Waals surface area contributed by atoms with Crippen molar-refractivity contribution >= 4 is 0 Å². The first-order valence-corrected chi connectivity index (χ1v) is 41.4. The van der Waals surface area contributed by atoms with Gasteiger partial charge in [0.1, 0.15) is 0 Å². The average Bonchev–Trinajstić information content (AvgIpc) is 1.60. The van der Waals surface area contributed by atoms with Crippen LogP contribution in [0, 0.1) is 85.2 Å². The Morgan fingerprint density at radius 2 is 0.556 bits per heavy atom. The largest absolute Gasteiger partial charge is 0.0683 e. The molecule has 0 heteroatoms. The van der Waals surface area contributed by atoms with Crippen LogP contribution in [0.1, 0.15) is 502 Å². The van der Waals surface area contributed by atoms with Crippen LogP contribution in [0.5, 0.6) is 0 Å². The Kier molecular flexibility index (Phi) is 81.6. The summed E-state index contributed by atoms with van der Waals surface area (Å²) in [7, 11) is 0. The lowest BCUT2D eigenvalue weighted by molar-refractivity contribution is 0.0754. The fourth-order valence-electron chi connectivity index (χ4n) is 12.0. The van der Waals surface area contributed by atoms with Crippen molar-refractivity contribution in [1.29, 1.82) is 0 Å². The molecule has 0 saturated heterocycles. The molecule has 7 rings (SSSR count). The van der Waals surface area contributed by atoms with E-state index in [-0.39, 0.29) is 0 Å². The van der Waals surface area contributed by atoms with Gasteiger partial charge in [0.2, 0.25) is 0 Å². The highest BCUT2D eigenvalue weighted by molar-refractivity contribution is 4.88. The van der Waals surface area contributed by atoms with Gasteiger partial charge in [-0.3, -0.25) is 0 Å². The molecule has 0 aliphatic heterocycles. The summed E-state index contributed by atoms with van der Waals surface area (Å²) >= 11 is 0. The molecule has 7 saturated carbocycles. The Hall–Kier alpha value is 0. The van der Waals surface area contributed by atoms with Crippen molar-refractivity contribution in [3.8, 4) is 0 Å². The van der Waals surface area contributed by atoms with Crippen molar-refractivity contribution in [3.05, 3.63) is 0 Å². The second-order valence-electron chi connectivity index (χ2n) is 37.1. The SMILES string of the molecule is CC.CC.CC.CC(C)(C)C.CC(C)C.CC1CC(C)(C)CC(C)(C)C1.CC1CCC(C)(C)CC1.CC1CCC2(CCCCC2)CC1.CC1CCCC1.CC1CCCCC1.CCC.CCC.CCC(C)(C)C.CCC(C)(C)C.CCC(C)C.CCC1CCCC1. The molecule has 0 radical (unpaired) electrons. The van der Waals surface area contributed by atoms with Gasteiger partial charge >= 0.3 is 0 Å². The van der Waals surface area contributed by atoms with Gasteiger partial charge in [0.25, 0.3) is 0 Å². The smallest absolute Gasteiger partial charge is 0.0297 e. The van der Waals surface area contributed by atoms with Crippen LogP contribution in [0.2, 0.25) is 0 Å². The minimum Gasteiger partial charge on any atom is -0.0683 e. The van der Waals surface area contributed by atoms with Crippen LogP contribution >= 0.6 is 0 Å². The van der Waals surface area contributed by atoms with E-state index in [2.05, 4.69) is 235 Å². The summed E-state index contributed by atoms with van der Waals surface area (Å²) in [5.41, 5.74) is 4.25. The van der Waals surface area contributed by atoms with E-state index in [1.165, 1.54) is 199 Å². The summed E-state index contributed by atoms with van der Waals surface area (Å²) in [6.07, 6.45) is 51.0. The third-order valence-corrected chi connectivity index (χ3v) is 18.2. The molecule has 90 heavy (non-hydrogen) atoms. The van der Waals surface area contributed by atoms with Crippen LogP contribution in [0.25, 0.3) is 0 Å². The molecule has 0 unspecified atom stereocenters. The third kappa shape index (κ3) is 99.1. The molecule has 0 heterocycles. The average molecular weight is 1280 g/mol. The maximum atomic E-state index is 2.43. The van der Waals surface area contributed by atoms with Crippen LogP contribution in [-0.2, 0) is 0 Å². The summed E-state index contributed by atoms with van der Waals surface area (Å²) in [5, 5.41) is 0. The van der Waals surface area contributed by atoms with Gasteiger partial charge < -0.3 is 0 Å². The highest BCUT2D eigenvalue weighted by Crippen LogP contribution is 2.49. The van der Waals surface area contributed by atoms with E-state index >= 15 is 0 Å². The molecular formula is C90H198. The Labute approximate surface area is 583 Å². The first-order valence-electron chi connectivity index (χ1n) is 41.4. The molecule has 558 valence electrons. The predicted octanol–water partition coefficient (Wildman–Crippen LogP) is 35.2. The van der Waals surface area contributed by atoms with Crippen molar-refractivity contribution in [2.24, 2.45) is 85.2 Å². The van der Waals surface area contributed by atoms with Gasteiger partial charge in [-0.1, -0.05) is 444 Å². The van der Waals surface area contributed by atoms with Crippen LogP contribution in [0.15, 0.2) is 0 Å². The fourth-order valence-corrected chi connectivity index (χ4v) is 12.0. The third-order valence-electron chi connectivity index (χ3n) is 18.2. The Bertz CT molecular complexity index is 1210. The summed E-state index contributed by atoms with van der Waals surface area (Å²) in [6, 6.07) is 0. The zero-order chi connectivity index (χ0) is 72.9. The summed E-state index contributed by atoms with van der Waals surface area (Å²) in [4.78, 5) is 0. The highest BCUT2D eigenvalue weighted by Gasteiger charge is 2.37. The second-order valence-corrected chi connectivity index (χ2v) is 37.1. The first kappa shape index (κ1) is 109. The van der Waals surface area contributed by atoms with E-state index in [0.29, 0.717) is 32.5 Å². The molecule has 7 aliphatic rings. The van der Waals surface area contributed by atoms with E-state index in [9.17, 15) is 0 Å². The lowest BCUT2D eigenvalue weighted by Crippen LogP contribution is -2.32. The van der Waals surface area contributed by atoms with Crippen LogP contribution in [-0.4, -0.2) is 0 Å². The first-order chi connectivity index (χ1) is 41.4. The normalized spacial score (nSPS) is 19.9.